The Morgan fingerprint density at radius 3 is 2.53 bits per heavy atom. The molecule has 1 aliphatic heterocycles. The monoisotopic (exact) mass is 421 g/mol. The normalized spacial score (nSPS) is 15.6. The Hall–Kier alpha value is -3.12. The van der Waals surface area contributed by atoms with Gasteiger partial charge in [-0.05, 0) is 32.4 Å². The van der Waals surface area contributed by atoms with Gasteiger partial charge in [0.25, 0.3) is 0 Å². The van der Waals surface area contributed by atoms with Crippen molar-refractivity contribution in [3.05, 3.63) is 69.4 Å². The molecule has 30 heavy (non-hydrogen) atoms. The van der Waals surface area contributed by atoms with E-state index in [1.165, 1.54) is 11.3 Å². The van der Waals surface area contributed by atoms with Gasteiger partial charge in [-0.25, -0.2) is 4.79 Å². The van der Waals surface area contributed by atoms with E-state index in [2.05, 4.69) is 5.32 Å². The smallest absolute Gasteiger partial charge is 0.346 e. The zero-order valence-electron chi connectivity index (χ0n) is 17.1. The maximum Gasteiger partial charge on any atom is 0.346 e. The van der Waals surface area contributed by atoms with Crippen LogP contribution >= 0.6 is 11.3 Å². The minimum atomic E-state index is -0.996. The highest BCUT2D eigenvalue weighted by Gasteiger charge is 2.35. The molecule has 0 radical (unpaired) electrons. The lowest BCUT2D eigenvalue weighted by atomic mass is 9.88. The largest absolute Gasteiger partial charge is 0.491 e. The summed E-state index contributed by atoms with van der Waals surface area (Å²) in [6.45, 7) is 5.90. The van der Waals surface area contributed by atoms with Gasteiger partial charge in [0.15, 0.2) is 0 Å². The molecule has 1 aliphatic rings. The third-order valence-electron chi connectivity index (χ3n) is 5.10. The molecule has 1 amide bonds. The molecule has 5 nitrogen and oxygen atoms in total. The summed E-state index contributed by atoms with van der Waals surface area (Å²) in [4.78, 5) is 25.8. The molecule has 2 heterocycles. The number of aryl methyl sites for hydroxylation is 1. The number of carbonyl (C=O) groups is 2. The molecule has 0 bridgehead atoms. The second-order valence-electron chi connectivity index (χ2n) is 7.73. The molecule has 2 N–H and O–H groups in total. The predicted octanol–water partition coefficient (Wildman–Crippen LogP) is 5.68. The number of anilines is 1. The standard InChI is InChI=1S/C24H23NO4S/c1-13(2)29-18-7-5-4-6-16(18)17-12-19(26)25-21-20(15-10-8-14(3)9-11-15)23(24(27)28)30-22(17)21/h4-11,13,17H,12H2,1-3H3,(H,25,26)(H,27,28)/t17-/m1/s1. The Kier molecular flexibility index (Phi) is 5.35. The Morgan fingerprint density at radius 1 is 1.17 bits per heavy atom. The molecule has 0 fully saturated rings. The van der Waals surface area contributed by atoms with Gasteiger partial charge in [0.1, 0.15) is 10.6 Å². The highest BCUT2D eigenvalue weighted by molar-refractivity contribution is 7.15. The summed E-state index contributed by atoms with van der Waals surface area (Å²) in [6.07, 6.45) is 0.238. The Labute approximate surface area is 179 Å². The second kappa shape index (κ2) is 7.95. The number of hydrogen-bond acceptors (Lipinski definition) is 4. The Morgan fingerprint density at radius 2 is 1.87 bits per heavy atom. The molecule has 0 spiro atoms. The molecule has 1 atom stereocenters. The first-order chi connectivity index (χ1) is 14.3. The first-order valence-corrected chi connectivity index (χ1v) is 10.7. The molecule has 3 aromatic rings. The van der Waals surface area contributed by atoms with Gasteiger partial charge < -0.3 is 15.2 Å². The minimum Gasteiger partial charge on any atom is -0.491 e. The molecule has 1 aromatic heterocycles. The van der Waals surface area contributed by atoms with Crippen LogP contribution in [0.5, 0.6) is 5.75 Å². The summed E-state index contributed by atoms with van der Waals surface area (Å²) in [7, 11) is 0. The number of ether oxygens (including phenoxy) is 1. The number of carboxylic acids is 1. The van der Waals surface area contributed by atoms with Crippen molar-refractivity contribution in [2.45, 2.75) is 39.2 Å². The summed E-state index contributed by atoms with van der Waals surface area (Å²) >= 11 is 1.23. The van der Waals surface area contributed by atoms with E-state index in [4.69, 9.17) is 4.74 Å². The zero-order valence-corrected chi connectivity index (χ0v) is 17.9. The Bertz CT molecular complexity index is 1110. The molecular weight excluding hydrogens is 398 g/mol. The van der Waals surface area contributed by atoms with Crippen LogP contribution in [0.3, 0.4) is 0 Å². The quantitative estimate of drug-likeness (QED) is 0.555. The maximum absolute atomic E-state index is 12.7. The number of aromatic carboxylic acids is 1. The van der Waals surface area contributed by atoms with Crippen LogP contribution in [-0.2, 0) is 4.79 Å². The van der Waals surface area contributed by atoms with Crippen molar-refractivity contribution in [3.8, 4) is 16.9 Å². The molecular formula is C24H23NO4S. The summed E-state index contributed by atoms with van der Waals surface area (Å²) in [6, 6.07) is 15.4. The second-order valence-corrected chi connectivity index (χ2v) is 8.78. The number of hydrogen-bond donors (Lipinski definition) is 2. The van der Waals surface area contributed by atoms with Crippen LogP contribution in [0.1, 0.15) is 51.9 Å². The SMILES string of the molecule is Cc1ccc(-c2c(C(=O)O)sc3c2NC(=O)C[C@@H]3c2ccccc2OC(C)C)cc1. The van der Waals surface area contributed by atoms with E-state index in [9.17, 15) is 14.7 Å². The molecule has 0 aliphatic carbocycles. The van der Waals surface area contributed by atoms with E-state index in [1.807, 2.05) is 69.3 Å². The number of thiophene rings is 1. The van der Waals surface area contributed by atoms with Gasteiger partial charge in [-0.1, -0.05) is 48.0 Å². The third kappa shape index (κ3) is 3.71. The van der Waals surface area contributed by atoms with Gasteiger partial charge in [-0.15, -0.1) is 11.3 Å². The van der Waals surface area contributed by atoms with Gasteiger partial charge in [-0.2, -0.15) is 0 Å². The summed E-state index contributed by atoms with van der Waals surface area (Å²) in [5.41, 5.74) is 3.94. The number of benzene rings is 2. The number of fused-ring (bicyclic) bond motifs is 1. The topological polar surface area (TPSA) is 75.6 Å². The lowest BCUT2D eigenvalue weighted by Crippen LogP contribution is -2.23. The van der Waals surface area contributed by atoms with Crippen molar-refractivity contribution < 1.29 is 19.4 Å². The van der Waals surface area contributed by atoms with Gasteiger partial charge in [0.2, 0.25) is 5.91 Å². The summed E-state index contributed by atoms with van der Waals surface area (Å²) in [5.74, 6) is -0.661. The van der Waals surface area contributed by atoms with Gasteiger partial charge in [0, 0.05) is 28.3 Å². The van der Waals surface area contributed by atoms with Crippen LogP contribution in [0.25, 0.3) is 11.1 Å². The van der Waals surface area contributed by atoms with Gasteiger partial charge in [-0.3, -0.25) is 4.79 Å². The van der Waals surface area contributed by atoms with Crippen molar-refractivity contribution in [2.75, 3.05) is 5.32 Å². The van der Waals surface area contributed by atoms with Gasteiger partial charge in [0.05, 0.1) is 11.8 Å². The first kappa shape index (κ1) is 20.2. The highest BCUT2D eigenvalue weighted by atomic mass is 32.1. The number of nitrogens with one attached hydrogen (secondary N) is 1. The zero-order chi connectivity index (χ0) is 21.4. The number of carbonyl (C=O) groups excluding carboxylic acids is 1. The van der Waals surface area contributed by atoms with E-state index in [0.29, 0.717) is 11.3 Å². The molecule has 6 heteroatoms. The van der Waals surface area contributed by atoms with Crippen molar-refractivity contribution in [2.24, 2.45) is 0 Å². The fraction of sp³-hybridized carbons (Fsp3) is 0.250. The van der Waals surface area contributed by atoms with E-state index in [1.54, 1.807) is 0 Å². The molecule has 0 unspecified atom stereocenters. The van der Waals surface area contributed by atoms with Crippen LogP contribution in [-0.4, -0.2) is 23.1 Å². The third-order valence-corrected chi connectivity index (χ3v) is 6.39. The lowest BCUT2D eigenvalue weighted by molar-refractivity contribution is -0.116. The van der Waals surface area contributed by atoms with Gasteiger partial charge >= 0.3 is 5.97 Å². The average Bonchev–Trinajstić information content (AvgIpc) is 3.08. The number of carboxylic acid groups (broad SMARTS) is 1. The van der Waals surface area contributed by atoms with Crippen LogP contribution in [0, 0.1) is 6.92 Å². The summed E-state index contributed by atoms with van der Waals surface area (Å²) in [5, 5.41) is 12.8. The number of para-hydroxylation sites is 1. The fourth-order valence-electron chi connectivity index (χ4n) is 3.81. The van der Waals surface area contributed by atoms with E-state index >= 15 is 0 Å². The highest BCUT2D eigenvalue weighted by Crippen LogP contribution is 2.50. The van der Waals surface area contributed by atoms with Crippen molar-refractivity contribution in [3.63, 3.8) is 0 Å². The van der Waals surface area contributed by atoms with Crippen LogP contribution in [0.2, 0.25) is 0 Å². The maximum atomic E-state index is 12.7. The number of amides is 1. The van der Waals surface area contributed by atoms with Crippen molar-refractivity contribution >= 4 is 28.9 Å². The predicted molar refractivity (Wildman–Crippen MR) is 119 cm³/mol. The van der Waals surface area contributed by atoms with E-state index in [0.717, 1.165) is 27.3 Å². The van der Waals surface area contributed by atoms with E-state index < -0.39 is 5.97 Å². The van der Waals surface area contributed by atoms with Crippen LogP contribution < -0.4 is 10.1 Å². The molecule has 154 valence electrons. The van der Waals surface area contributed by atoms with E-state index in [-0.39, 0.29) is 29.2 Å². The lowest BCUT2D eigenvalue weighted by Gasteiger charge is -2.26. The minimum absolute atomic E-state index is 0.0101. The molecule has 0 saturated heterocycles. The fourth-order valence-corrected chi connectivity index (χ4v) is 5.05. The first-order valence-electron chi connectivity index (χ1n) is 9.87. The summed E-state index contributed by atoms with van der Waals surface area (Å²) < 4.78 is 5.99. The van der Waals surface area contributed by atoms with Crippen LogP contribution in [0.4, 0.5) is 5.69 Å². The average molecular weight is 422 g/mol. The number of rotatable bonds is 5. The Balaban J connectivity index is 1.91. The molecule has 0 saturated carbocycles. The van der Waals surface area contributed by atoms with Crippen LogP contribution in [0.15, 0.2) is 48.5 Å². The molecule has 2 aromatic carbocycles. The van der Waals surface area contributed by atoms with Crippen molar-refractivity contribution in [1.29, 1.82) is 0 Å². The van der Waals surface area contributed by atoms with Crippen molar-refractivity contribution in [1.82, 2.24) is 0 Å². The molecule has 4 rings (SSSR count).